The zero-order valence-corrected chi connectivity index (χ0v) is 7.73. The minimum atomic E-state index is -0.133. The van der Waals surface area contributed by atoms with Gasteiger partial charge in [-0.1, -0.05) is 0 Å². The Morgan fingerprint density at radius 2 is 1.93 bits per heavy atom. The van der Waals surface area contributed by atoms with Crippen molar-refractivity contribution in [1.82, 2.24) is 9.97 Å². The van der Waals surface area contributed by atoms with Gasteiger partial charge in [0.15, 0.2) is 11.5 Å². The van der Waals surface area contributed by atoms with Crippen molar-refractivity contribution in [3.63, 3.8) is 0 Å². The maximum Gasteiger partial charge on any atom is 0.182 e. The Balaban J connectivity index is 2.70. The molecule has 4 heteroatoms. The molecule has 15 heavy (non-hydrogen) atoms. The summed E-state index contributed by atoms with van der Waals surface area (Å²) in [5, 5.41) is 20.9. The van der Waals surface area contributed by atoms with Crippen molar-refractivity contribution < 1.29 is 10.2 Å². The van der Waals surface area contributed by atoms with Gasteiger partial charge < -0.3 is 15.2 Å². The van der Waals surface area contributed by atoms with Crippen molar-refractivity contribution in [2.45, 2.75) is 0 Å². The summed E-state index contributed by atoms with van der Waals surface area (Å²) in [5.74, 6) is -0.261. The maximum absolute atomic E-state index is 9.77. The number of pyridine rings is 1. The number of aromatic hydroxyl groups is 2. The number of H-pyrrole nitrogens is 1. The van der Waals surface area contributed by atoms with Crippen LogP contribution in [0.1, 0.15) is 0 Å². The van der Waals surface area contributed by atoms with Crippen LogP contribution in [0, 0.1) is 0 Å². The fraction of sp³-hybridized carbons (Fsp3) is 0. The molecule has 0 saturated heterocycles. The summed E-state index contributed by atoms with van der Waals surface area (Å²) in [7, 11) is 0. The van der Waals surface area contributed by atoms with E-state index in [0.717, 1.165) is 5.39 Å². The van der Waals surface area contributed by atoms with E-state index in [0.29, 0.717) is 16.4 Å². The number of phenolic OH excluding ortho intramolecular Hbond substituents is 2. The van der Waals surface area contributed by atoms with Crippen LogP contribution < -0.4 is 0 Å². The third kappa shape index (κ3) is 0.929. The van der Waals surface area contributed by atoms with Crippen molar-refractivity contribution in [2.75, 3.05) is 0 Å². The van der Waals surface area contributed by atoms with E-state index in [4.69, 9.17) is 0 Å². The lowest BCUT2D eigenvalue weighted by atomic mass is 10.1. The number of aromatic nitrogens is 2. The molecule has 0 unspecified atom stereocenters. The van der Waals surface area contributed by atoms with E-state index >= 15 is 0 Å². The van der Waals surface area contributed by atoms with Crippen LogP contribution in [0.15, 0.2) is 30.6 Å². The second-order valence-electron chi connectivity index (χ2n) is 3.36. The highest BCUT2D eigenvalue weighted by Crippen LogP contribution is 2.39. The van der Waals surface area contributed by atoms with Crippen LogP contribution >= 0.6 is 0 Å². The predicted octanol–water partition coefficient (Wildman–Crippen LogP) is 2.13. The van der Waals surface area contributed by atoms with E-state index in [1.165, 1.54) is 0 Å². The number of phenols is 2. The molecule has 0 aliphatic rings. The number of fused-ring (bicyclic) bond motifs is 3. The molecule has 0 saturated carbocycles. The van der Waals surface area contributed by atoms with E-state index in [1.807, 2.05) is 12.1 Å². The molecule has 4 nitrogen and oxygen atoms in total. The number of nitrogens with one attached hydrogen (secondary N) is 1. The summed E-state index contributed by atoms with van der Waals surface area (Å²) < 4.78 is 0. The molecule has 0 amide bonds. The third-order valence-electron chi connectivity index (χ3n) is 2.53. The van der Waals surface area contributed by atoms with Gasteiger partial charge in [-0.2, -0.15) is 0 Å². The van der Waals surface area contributed by atoms with Crippen LogP contribution in [0.5, 0.6) is 11.5 Å². The van der Waals surface area contributed by atoms with Crippen LogP contribution in [-0.4, -0.2) is 20.2 Å². The molecule has 3 aromatic rings. The monoisotopic (exact) mass is 200 g/mol. The van der Waals surface area contributed by atoms with Gasteiger partial charge in [-0.25, -0.2) is 0 Å². The molecule has 0 fully saturated rings. The van der Waals surface area contributed by atoms with Gasteiger partial charge in [-0.15, -0.1) is 0 Å². The Labute approximate surface area is 84.8 Å². The van der Waals surface area contributed by atoms with Gasteiger partial charge >= 0.3 is 0 Å². The standard InChI is InChI=1S/C11H8N2O2/c14-10-7-3-5-13-8(7)6-2-1-4-12-9(6)11(10)15/h1-5,12,14-15H. The van der Waals surface area contributed by atoms with Crippen molar-refractivity contribution in [1.29, 1.82) is 0 Å². The summed E-state index contributed by atoms with van der Waals surface area (Å²) >= 11 is 0. The SMILES string of the molecule is Oc1c(O)c2[nH]cccc2c2nccc12. The second kappa shape index (κ2) is 2.63. The number of hydrogen-bond acceptors (Lipinski definition) is 3. The minimum absolute atomic E-state index is 0.127. The van der Waals surface area contributed by atoms with Crippen LogP contribution in [0.2, 0.25) is 0 Å². The first-order valence-electron chi connectivity index (χ1n) is 4.55. The van der Waals surface area contributed by atoms with Crippen LogP contribution in [-0.2, 0) is 0 Å². The zero-order valence-electron chi connectivity index (χ0n) is 7.73. The topological polar surface area (TPSA) is 69.1 Å². The largest absolute Gasteiger partial charge is 0.504 e. The smallest absolute Gasteiger partial charge is 0.182 e. The summed E-state index contributed by atoms with van der Waals surface area (Å²) in [6.07, 6.45) is 3.30. The van der Waals surface area contributed by atoms with Gasteiger partial charge in [-0.05, 0) is 18.2 Å². The normalized spacial score (nSPS) is 11.2. The number of aromatic amines is 1. The van der Waals surface area contributed by atoms with Gasteiger partial charge in [0.2, 0.25) is 0 Å². The van der Waals surface area contributed by atoms with Gasteiger partial charge in [0.1, 0.15) is 0 Å². The summed E-state index contributed by atoms with van der Waals surface area (Å²) in [6, 6.07) is 5.35. The predicted molar refractivity (Wildman–Crippen MR) is 56.9 cm³/mol. The first-order valence-corrected chi connectivity index (χ1v) is 4.55. The first-order chi connectivity index (χ1) is 7.29. The highest BCUT2D eigenvalue weighted by molar-refractivity contribution is 6.10. The first kappa shape index (κ1) is 8.11. The average Bonchev–Trinajstić information content (AvgIpc) is 2.75. The molecule has 0 radical (unpaired) electrons. The molecule has 3 rings (SSSR count). The van der Waals surface area contributed by atoms with Gasteiger partial charge in [0, 0.05) is 23.2 Å². The van der Waals surface area contributed by atoms with Crippen molar-refractivity contribution >= 4 is 21.8 Å². The molecule has 0 atom stereocenters. The fourth-order valence-electron chi connectivity index (χ4n) is 1.82. The number of hydrogen-bond donors (Lipinski definition) is 3. The highest BCUT2D eigenvalue weighted by Gasteiger charge is 2.13. The fourth-order valence-corrected chi connectivity index (χ4v) is 1.82. The Hall–Kier alpha value is -2.23. The van der Waals surface area contributed by atoms with Crippen molar-refractivity contribution in [3.8, 4) is 11.5 Å². The lowest BCUT2D eigenvalue weighted by molar-refractivity contribution is 0.412. The molecule has 0 aliphatic carbocycles. The van der Waals surface area contributed by atoms with Gasteiger partial charge in [0.05, 0.1) is 11.0 Å². The number of rotatable bonds is 0. The molecule has 0 aliphatic heterocycles. The van der Waals surface area contributed by atoms with E-state index in [1.54, 1.807) is 18.5 Å². The Bertz CT molecular complexity index is 658. The quantitative estimate of drug-likeness (QED) is 0.487. The van der Waals surface area contributed by atoms with E-state index in [9.17, 15) is 10.2 Å². The molecule has 1 aromatic carbocycles. The molecular formula is C11H8N2O2. The third-order valence-corrected chi connectivity index (χ3v) is 2.53. The van der Waals surface area contributed by atoms with Crippen LogP contribution in [0.4, 0.5) is 0 Å². The lowest BCUT2D eigenvalue weighted by Crippen LogP contribution is -1.82. The molecule has 2 heterocycles. The van der Waals surface area contributed by atoms with Crippen LogP contribution in [0.3, 0.4) is 0 Å². The van der Waals surface area contributed by atoms with E-state index < -0.39 is 0 Å². The van der Waals surface area contributed by atoms with Gasteiger partial charge in [-0.3, -0.25) is 4.98 Å². The maximum atomic E-state index is 9.77. The van der Waals surface area contributed by atoms with E-state index in [-0.39, 0.29) is 11.5 Å². The van der Waals surface area contributed by atoms with Crippen LogP contribution in [0.25, 0.3) is 21.8 Å². The second-order valence-corrected chi connectivity index (χ2v) is 3.36. The molecule has 74 valence electrons. The summed E-state index contributed by atoms with van der Waals surface area (Å²) in [5.41, 5.74) is 1.19. The lowest BCUT2D eigenvalue weighted by Gasteiger charge is -2.05. The molecule has 3 N–H and O–H groups in total. The molecule has 0 spiro atoms. The summed E-state index contributed by atoms with van der Waals surface area (Å²) in [4.78, 5) is 7.05. The molecule has 2 aromatic heterocycles. The molecular weight excluding hydrogens is 192 g/mol. The van der Waals surface area contributed by atoms with Crippen molar-refractivity contribution in [2.24, 2.45) is 0 Å². The minimum Gasteiger partial charge on any atom is -0.504 e. The van der Waals surface area contributed by atoms with Gasteiger partial charge in [0.25, 0.3) is 0 Å². The average molecular weight is 200 g/mol. The molecule has 0 bridgehead atoms. The van der Waals surface area contributed by atoms with E-state index in [2.05, 4.69) is 9.97 Å². The summed E-state index contributed by atoms with van der Waals surface area (Å²) in [6.45, 7) is 0. The highest BCUT2D eigenvalue weighted by atomic mass is 16.3. The Morgan fingerprint density at radius 3 is 2.80 bits per heavy atom. The number of benzene rings is 1. The van der Waals surface area contributed by atoms with Crippen molar-refractivity contribution in [3.05, 3.63) is 30.6 Å². The Kier molecular flexibility index (Phi) is 1.42. The number of nitrogens with zero attached hydrogens (tertiary/aromatic N) is 1. The zero-order chi connectivity index (χ0) is 10.4. The Morgan fingerprint density at radius 1 is 1.07 bits per heavy atom.